The summed E-state index contributed by atoms with van der Waals surface area (Å²) < 4.78 is 17.1. The summed E-state index contributed by atoms with van der Waals surface area (Å²) in [7, 11) is 0. The Labute approximate surface area is 139 Å². The number of aromatic nitrogens is 2. The lowest BCUT2D eigenvalue weighted by atomic mass is 9.84. The first-order valence-corrected chi connectivity index (χ1v) is 8.05. The Morgan fingerprint density at radius 1 is 1.46 bits per heavy atom. The van der Waals surface area contributed by atoms with Crippen LogP contribution >= 0.6 is 0 Å². The van der Waals surface area contributed by atoms with Gasteiger partial charge in [0.1, 0.15) is 17.5 Å². The fraction of sp³-hybridized carbons (Fsp3) is 0.471. The first-order chi connectivity index (χ1) is 11.7. The average molecular weight is 329 g/mol. The second kappa shape index (κ2) is 5.90. The van der Waals surface area contributed by atoms with E-state index in [0.717, 1.165) is 18.6 Å². The van der Waals surface area contributed by atoms with Crippen LogP contribution in [0.1, 0.15) is 29.1 Å². The summed E-state index contributed by atoms with van der Waals surface area (Å²) in [6.45, 7) is 3.51. The van der Waals surface area contributed by atoms with Gasteiger partial charge in [0.15, 0.2) is 6.39 Å². The molecule has 4 heterocycles. The van der Waals surface area contributed by atoms with Crippen LogP contribution in [0, 0.1) is 6.92 Å². The molecule has 1 atom stereocenters. The molecule has 1 amide bonds. The van der Waals surface area contributed by atoms with Crippen molar-refractivity contribution in [1.29, 1.82) is 0 Å². The van der Waals surface area contributed by atoms with Gasteiger partial charge in [-0.3, -0.25) is 9.78 Å². The maximum Gasteiger partial charge on any atom is 0.291 e. The number of ether oxygens (including phenoxy) is 2. The molecule has 126 valence electrons. The van der Waals surface area contributed by atoms with Crippen molar-refractivity contribution < 1.29 is 18.7 Å². The molecule has 0 unspecified atom stereocenters. The second-order valence-electron chi connectivity index (χ2n) is 6.38. The molecule has 4 rings (SSSR count). The fourth-order valence-electron chi connectivity index (χ4n) is 3.36. The minimum absolute atomic E-state index is 0.0761. The Morgan fingerprint density at radius 3 is 3.04 bits per heavy atom. The topological polar surface area (TPSA) is 77.7 Å². The zero-order chi connectivity index (χ0) is 16.6. The number of pyridine rings is 1. The van der Waals surface area contributed by atoms with E-state index in [4.69, 9.17) is 13.9 Å². The minimum Gasteiger partial charge on any atom is -0.489 e. The van der Waals surface area contributed by atoms with Crippen LogP contribution in [0.2, 0.25) is 0 Å². The van der Waals surface area contributed by atoms with Crippen LogP contribution in [0.5, 0.6) is 5.75 Å². The molecule has 7 nitrogen and oxygen atoms in total. The number of likely N-dealkylation sites (tertiary alicyclic amines) is 1. The summed E-state index contributed by atoms with van der Waals surface area (Å²) in [5.74, 6) is 0.947. The SMILES string of the molecule is Cc1ncoc1C(=O)N1CC2(C[C@@H](Oc3cccnc3)CCO2)C1. The largest absolute Gasteiger partial charge is 0.489 e. The van der Waals surface area contributed by atoms with E-state index in [1.807, 2.05) is 12.1 Å². The van der Waals surface area contributed by atoms with Gasteiger partial charge in [0.05, 0.1) is 31.6 Å². The van der Waals surface area contributed by atoms with Crippen LogP contribution in [0.3, 0.4) is 0 Å². The van der Waals surface area contributed by atoms with Gasteiger partial charge in [-0.2, -0.15) is 0 Å². The molecule has 2 aliphatic rings. The summed E-state index contributed by atoms with van der Waals surface area (Å²) in [5, 5.41) is 0. The van der Waals surface area contributed by atoms with E-state index < -0.39 is 0 Å². The van der Waals surface area contributed by atoms with Crippen LogP contribution in [0.4, 0.5) is 0 Å². The molecule has 7 heteroatoms. The highest BCUT2D eigenvalue weighted by Gasteiger charge is 2.50. The second-order valence-corrected chi connectivity index (χ2v) is 6.38. The standard InChI is InChI=1S/C17H19N3O4/c1-12-15(22-11-19-12)16(21)20-9-17(10-20)7-13(4-6-23-17)24-14-3-2-5-18-8-14/h2-3,5,8,11,13H,4,6-7,9-10H2,1H3/t13-/m0/s1. The Kier molecular flexibility index (Phi) is 3.72. The number of oxazole rings is 1. The van der Waals surface area contributed by atoms with Crippen LogP contribution < -0.4 is 4.74 Å². The van der Waals surface area contributed by atoms with E-state index in [-0.39, 0.29) is 17.6 Å². The predicted molar refractivity (Wildman–Crippen MR) is 83.7 cm³/mol. The van der Waals surface area contributed by atoms with E-state index in [1.54, 1.807) is 24.2 Å². The zero-order valence-corrected chi connectivity index (χ0v) is 13.5. The van der Waals surface area contributed by atoms with Gasteiger partial charge in [-0.05, 0) is 19.1 Å². The van der Waals surface area contributed by atoms with E-state index >= 15 is 0 Å². The molecule has 24 heavy (non-hydrogen) atoms. The lowest BCUT2D eigenvalue weighted by molar-refractivity contribution is -0.174. The molecule has 0 aromatic carbocycles. The number of carbonyl (C=O) groups excluding carboxylic acids is 1. The number of aryl methyl sites for hydroxylation is 1. The summed E-state index contributed by atoms with van der Waals surface area (Å²) in [6.07, 6.45) is 6.41. The molecule has 2 aliphatic heterocycles. The summed E-state index contributed by atoms with van der Waals surface area (Å²) in [6, 6.07) is 3.76. The first-order valence-electron chi connectivity index (χ1n) is 8.05. The third kappa shape index (κ3) is 2.75. The Bertz CT molecular complexity index is 724. The van der Waals surface area contributed by atoms with Gasteiger partial charge in [-0.1, -0.05) is 0 Å². The molecular formula is C17H19N3O4. The van der Waals surface area contributed by atoms with Gasteiger partial charge in [-0.15, -0.1) is 0 Å². The van der Waals surface area contributed by atoms with E-state index in [1.165, 1.54) is 6.39 Å². The number of rotatable bonds is 3. The van der Waals surface area contributed by atoms with Crippen molar-refractivity contribution in [2.45, 2.75) is 31.5 Å². The smallest absolute Gasteiger partial charge is 0.291 e. The Hall–Kier alpha value is -2.41. The number of hydrogen-bond donors (Lipinski definition) is 0. The van der Waals surface area contributed by atoms with Gasteiger partial charge < -0.3 is 18.8 Å². The number of amides is 1. The number of hydrogen-bond acceptors (Lipinski definition) is 6. The maximum absolute atomic E-state index is 12.4. The third-order valence-electron chi connectivity index (χ3n) is 4.57. The van der Waals surface area contributed by atoms with Crippen molar-refractivity contribution >= 4 is 5.91 Å². The lowest BCUT2D eigenvalue weighted by Gasteiger charge is -2.52. The highest BCUT2D eigenvalue weighted by Crippen LogP contribution is 2.36. The van der Waals surface area contributed by atoms with Gasteiger partial charge >= 0.3 is 0 Å². The predicted octanol–water partition coefficient (Wildman–Crippen LogP) is 1.83. The van der Waals surface area contributed by atoms with Crippen LogP contribution in [0.15, 0.2) is 35.3 Å². The van der Waals surface area contributed by atoms with Crippen molar-refractivity contribution in [2.24, 2.45) is 0 Å². The lowest BCUT2D eigenvalue weighted by Crippen LogP contribution is -2.67. The van der Waals surface area contributed by atoms with Gasteiger partial charge in [0.2, 0.25) is 5.76 Å². The molecule has 0 N–H and O–H groups in total. The molecule has 2 aromatic heterocycles. The van der Waals surface area contributed by atoms with Gasteiger partial charge in [0.25, 0.3) is 5.91 Å². The molecule has 2 fully saturated rings. The first kappa shape index (κ1) is 15.1. The molecule has 0 aliphatic carbocycles. The van der Waals surface area contributed by atoms with Gasteiger partial charge in [0, 0.05) is 19.0 Å². The molecule has 2 saturated heterocycles. The summed E-state index contributed by atoms with van der Waals surface area (Å²) in [5.41, 5.74) is 0.303. The number of nitrogens with zero attached hydrogens (tertiary/aromatic N) is 3. The normalized spacial score (nSPS) is 22.2. The average Bonchev–Trinajstić information content (AvgIpc) is 2.99. The van der Waals surface area contributed by atoms with Crippen LogP contribution in [-0.2, 0) is 4.74 Å². The van der Waals surface area contributed by atoms with E-state index in [0.29, 0.717) is 31.2 Å². The van der Waals surface area contributed by atoms with E-state index in [9.17, 15) is 4.79 Å². The van der Waals surface area contributed by atoms with Crippen LogP contribution in [-0.4, -0.2) is 52.2 Å². The molecule has 1 spiro atoms. The fourth-order valence-corrected chi connectivity index (χ4v) is 3.36. The van der Waals surface area contributed by atoms with Crippen molar-refractivity contribution in [3.63, 3.8) is 0 Å². The van der Waals surface area contributed by atoms with Crippen molar-refractivity contribution in [1.82, 2.24) is 14.9 Å². The molecule has 0 radical (unpaired) electrons. The monoisotopic (exact) mass is 329 g/mol. The van der Waals surface area contributed by atoms with E-state index in [2.05, 4.69) is 9.97 Å². The van der Waals surface area contributed by atoms with Crippen molar-refractivity contribution in [3.05, 3.63) is 42.4 Å². The quantitative estimate of drug-likeness (QED) is 0.855. The Morgan fingerprint density at radius 2 is 2.33 bits per heavy atom. The highest BCUT2D eigenvalue weighted by molar-refractivity contribution is 5.93. The van der Waals surface area contributed by atoms with Crippen molar-refractivity contribution in [2.75, 3.05) is 19.7 Å². The van der Waals surface area contributed by atoms with Crippen LogP contribution in [0.25, 0.3) is 0 Å². The third-order valence-corrected chi connectivity index (χ3v) is 4.57. The highest BCUT2D eigenvalue weighted by atomic mass is 16.5. The van der Waals surface area contributed by atoms with Crippen molar-refractivity contribution in [3.8, 4) is 5.75 Å². The number of carbonyl (C=O) groups is 1. The molecule has 0 saturated carbocycles. The maximum atomic E-state index is 12.4. The van der Waals surface area contributed by atoms with Gasteiger partial charge in [-0.25, -0.2) is 4.98 Å². The molecule has 0 bridgehead atoms. The zero-order valence-electron chi connectivity index (χ0n) is 13.5. The summed E-state index contributed by atoms with van der Waals surface area (Å²) in [4.78, 5) is 22.2. The molecular weight excluding hydrogens is 310 g/mol. The molecule has 2 aromatic rings. The Balaban J connectivity index is 1.37. The summed E-state index contributed by atoms with van der Waals surface area (Å²) >= 11 is 0. The minimum atomic E-state index is -0.311.